The number of halogens is 1. The average Bonchev–Trinajstić information content (AvgIpc) is 2.64. The van der Waals surface area contributed by atoms with Gasteiger partial charge in [0.15, 0.2) is 11.5 Å². The van der Waals surface area contributed by atoms with Gasteiger partial charge >= 0.3 is 0 Å². The maximum atomic E-state index is 10.5. The van der Waals surface area contributed by atoms with E-state index in [1.54, 1.807) is 13.2 Å². The molecule has 0 bridgehead atoms. The zero-order valence-corrected chi connectivity index (χ0v) is 15.4. The number of ether oxygens (including phenoxy) is 2. The van der Waals surface area contributed by atoms with Crippen LogP contribution in [0.2, 0.25) is 5.02 Å². The highest BCUT2D eigenvalue weighted by atomic mass is 35.5. The first-order chi connectivity index (χ1) is 12.1. The molecule has 0 radical (unpaired) electrons. The fourth-order valence-corrected chi connectivity index (χ4v) is 2.87. The second-order valence-corrected chi connectivity index (χ2v) is 6.27. The molecule has 0 aliphatic heterocycles. The number of quaternary nitrogens is 1. The molecule has 3 N–H and O–H groups in total. The Bertz CT molecular complexity index is 691. The maximum absolute atomic E-state index is 10.5. The van der Waals surface area contributed by atoms with Gasteiger partial charge in [-0.2, -0.15) is 0 Å². The number of hydrogen-bond acceptors (Lipinski definition) is 3. The normalized spacial score (nSPS) is 13.1. The molecule has 2 aromatic carbocycles. The van der Waals surface area contributed by atoms with Gasteiger partial charge in [-0.1, -0.05) is 54.6 Å². The van der Waals surface area contributed by atoms with Crippen LogP contribution < -0.4 is 14.8 Å². The Kier molecular flexibility index (Phi) is 7.31. The Morgan fingerprint density at radius 3 is 2.64 bits per heavy atom. The summed E-state index contributed by atoms with van der Waals surface area (Å²) < 4.78 is 10.9. The number of methoxy groups -OCH3 is 1. The molecule has 0 aromatic heterocycles. The summed E-state index contributed by atoms with van der Waals surface area (Å²) in [5.41, 5.74) is 1.91. The molecule has 0 heterocycles. The van der Waals surface area contributed by atoms with Gasteiger partial charge in [-0.15, -0.1) is 0 Å². The van der Waals surface area contributed by atoms with Crippen LogP contribution in [0, 0.1) is 0 Å². The number of aliphatic hydroxyl groups excluding tert-OH is 1. The molecule has 0 aliphatic carbocycles. The molecule has 2 rings (SSSR count). The van der Waals surface area contributed by atoms with E-state index in [1.165, 1.54) is 0 Å². The van der Waals surface area contributed by atoms with Gasteiger partial charge in [0.2, 0.25) is 0 Å². The minimum Gasteiger partial charge on any atom is -0.493 e. The van der Waals surface area contributed by atoms with Crippen LogP contribution >= 0.6 is 11.6 Å². The summed E-state index contributed by atoms with van der Waals surface area (Å²) in [6.45, 7) is 6.66. The van der Waals surface area contributed by atoms with Crippen LogP contribution in [0.5, 0.6) is 11.5 Å². The average molecular weight is 363 g/mol. The molecule has 2 aromatic rings. The SMILES string of the molecule is C=CCOc1c(Cl)cc(C[NH2+][C@@H](C)[C@@H](O)c2ccccc2)cc1OC. The lowest BCUT2D eigenvalue weighted by molar-refractivity contribution is -0.709. The van der Waals surface area contributed by atoms with E-state index < -0.39 is 6.10 Å². The van der Waals surface area contributed by atoms with Crippen LogP contribution in [-0.4, -0.2) is 24.9 Å². The highest BCUT2D eigenvalue weighted by Gasteiger charge is 2.20. The first-order valence-corrected chi connectivity index (χ1v) is 8.61. The van der Waals surface area contributed by atoms with E-state index in [1.807, 2.05) is 49.4 Å². The summed E-state index contributed by atoms with van der Waals surface area (Å²) in [7, 11) is 1.59. The Balaban J connectivity index is 2.05. The molecule has 0 saturated carbocycles. The van der Waals surface area contributed by atoms with E-state index >= 15 is 0 Å². The fourth-order valence-electron chi connectivity index (χ4n) is 2.58. The molecule has 4 nitrogen and oxygen atoms in total. The number of rotatable bonds is 9. The lowest BCUT2D eigenvalue weighted by Gasteiger charge is -2.18. The van der Waals surface area contributed by atoms with Crippen molar-refractivity contribution in [3.05, 3.63) is 71.3 Å². The quantitative estimate of drug-likeness (QED) is 0.674. The molecule has 2 atom stereocenters. The first-order valence-electron chi connectivity index (χ1n) is 8.23. The van der Waals surface area contributed by atoms with Crippen molar-refractivity contribution in [2.45, 2.75) is 25.6 Å². The molecule has 0 fully saturated rings. The molecule has 25 heavy (non-hydrogen) atoms. The Morgan fingerprint density at radius 2 is 2.00 bits per heavy atom. The summed E-state index contributed by atoms with van der Waals surface area (Å²) in [5.74, 6) is 1.11. The minimum absolute atomic E-state index is 0.00358. The predicted molar refractivity (Wildman–Crippen MR) is 100 cm³/mol. The standard InChI is InChI=1S/C20H24ClNO3/c1-4-10-25-20-17(21)11-15(12-18(20)24-3)13-22-14(2)19(23)16-8-6-5-7-9-16/h4-9,11-12,14,19,22-23H,1,10,13H2,2-3H3/p+1/t14-,19+/m0/s1. The van der Waals surface area contributed by atoms with Gasteiger partial charge in [0.1, 0.15) is 25.3 Å². The van der Waals surface area contributed by atoms with Crippen LogP contribution in [-0.2, 0) is 6.54 Å². The first kappa shape index (κ1) is 19.3. The summed E-state index contributed by atoms with van der Waals surface area (Å²) >= 11 is 6.32. The third-order valence-corrected chi connectivity index (χ3v) is 4.28. The van der Waals surface area contributed by atoms with Gasteiger partial charge < -0.3 is 19.9 Å². The highest BCUT2D eigenvalue weighted by Crippen LogP contribution is 2.36. The van der Waals surface area contributed by atoms with Crippen molar-refractivity contribution in [2.24, 2.45) is 0 Å². The number of aliphatic hydroxyl groups is 1. The van der Waals surface area contributed by atoms with Crippen molar-refractivity contribution < 1.29 is 19.9 Å². The van der Waals surface area contributed by atoms with E-state index in [9.17, 15) is 5.11 Å². The molecule has 0 unspecified atom stereocenters. The second-order valence-electron chi connectivity index (χ2n) is 5.86. The minimum atomic E-state index is -0.534. The molecule has 134 valence electrons. The molecular formula is C20H25ClNO3+. The van der Waals surface area contributed by atoms with Crippen LogP contribution in [0.4, 0.5) is 0 Å². The van der Waals surface area contributed by atoms with Crippen molar-refractivity contribution in [3.63, 3.8) is 0 Å². The number of hydrogen-bond donors (Lipinski definition) is 2. The number of benzene rings is 2. The Labute approximate surface area is 154 Å². The molecule has 0 aliphatic rings. The zero-order chi connectivity index (χ0) is 18.2. The molecule has 0 saturated heterocycles. The topological polar surface area (TPSA) is 55.3 Å². The van der Waals surface area contributed by atoms with Gasteiger partial charge in [-0.3, -0.25) is 0 Å². The van der Waals surface area contributed by atoms with Crippen molar-refractivity contribution in [3.8, 4) is 11.5 Å². The van der Waals surface area contributed by atoms with Crippen molar-refractivity contribution in [2.75, 3.05) is 13.7 Å². The Hall–Kier alpha value is -2.01. The number of nitrogens with two attached hydrogens (primary N) is 1. The largest absolute Gasteiger partial charge is 0.493 e. The summed E-state index contributed by atoms with van der Waals surface area (Å²) in [6.07, 6.45) is 1.12. The lowest BCUT2D eigenvalue weighted by atomic mass is 10.0. The van der Waals surface area contributed by atoms with Gasteiger partial charge in [0, 0.05) is 5.56 Å². The zero-order valence-electron chi connectivity index (χ0n) is 14.6. The smallest absolute Gasteiger partial charge is 0.180 e. The van der Waals surface area contributed by atoms with Crippen molar-refractivity contribution in [1.29, 1.82) is 0 Å². The molecule has 0 spiro atoms. The van der Waals surface area contributed by atoms with Gasteiger partial charge in [0.05, 0.1) is 12.1 Å². The van der Waals surface area contributed by atoms with E-state index in [2.05, 4.69) is 11.9 Å². The third kappa shape index (κ3) is 5.23. The van der Waals surface area contributed by atoms with Crippen LogP contribution in [0.15, 0.2) is 55.1 Å². The lowest BCUT2D eigenvalue weighted by Crippen LogP contribution is -2.88. The fraction of sp³-hybridized carbons (Fsp3) is 0.300. The van der Waals surface area contributed by atoms with E-state index in [0.29, 0.717) is 29.7 Å². The van der Waals surface area contributed by atoms with E-state index in [0.717, 1.165) is 11.1 Å². The van der Waals surface area contributed by atoms with E-state index in [-0.39, 0.29) is 6.04 Å². The van der Waals surface area contributed by atoms with Crippen molar-refractivity contribution >= 4 is 11.6 Å². The van der Waals surface area contributed by atoms with Crippen LogP contribution in [0.3, 0.4) is 0 Å². The van der Waals surface area contributed by atoms with Crippen LogP contribution in [0.1, 0.15) is 24.2 Å². The Morgan fingerprint density at radius 1 is 1.28 bits per heavy atom. The molecule has 0 amide bonds. The summed E-state index contributed by atoms with van der Waals surface area (Å²) in [5, 5.41) is 13.0. The van der Waals surface area contributed by atoms with Crippen LogP contribution in [0.25, 0.3) is 0 Å². The maximum Gasteiger partial charge on any atom is 0.180 e. The van der Waals surface area contributed by atoms with Gasteiger partial charge in [0.25, 0.3) is 0 Å². The second kappa shape index (κ2) is 9.47. The predicted octanol–water partition coefficient (Wildman–Crippen LogP) is 3.10. The summed E-state index contributed by atoms with van der Waals surface area (Å²) in [4.78, 5) is 0. The molecule has 5 heteroatoms. The van der Waals surface area contributed by atoms with E-state index in [4.69, 9.17) is 21.1 Å². The summed E-state index contributed by atoms with van der Waals surface area (Å²) in [6, 6.07) is 13.4. The monoisotopic (exact) mass is 362 g/mol. The molecular weight excluding hydrogens is 338 g/mol. The highest BCUT2D eigenvalue weighted by molar-refractivity contribution is 6.32. The third-order valence-electron chi connectivity index (χ3n) is 4.00. The van der Waals surface area contributed by atoms with Crippen molar-refractivity contribution in [1.82, 2.24) is 0 Å². The van der Waals surface area contributed by atoms with Gasteiger partial charge in [-0.25, -0.2) is 0 Å². The van der Waals surface area contributed by atoms with Gasteiger partial charge in [-0.05, 0) is 24.6 Å².